The smallest absolute Gasteiger partial charge is 0.124 e. The average Bonchev–Trinajstić information content (AvgIpc) is 3.03. The molecule has 1 heterocycles. The van der Waals surface area contributed by atoms with Gasteiger partial charge in [0.15, 0.2) is 0 Å². The molecule has 26 heavy (non-hydrogen) atoms. The molecule has 0 unspecified atom stereocenters. The van der Waals surface area contributed by atoms with Crippen LogP contribution in [0.3, 0.4) is 0 Å². The largest absolute Gasteiger partial charge is 0.496 e. The second-order valence-corrected chi connectivity index (χ2v) is 6.08. The second kappa shape index (κ2) is 10.7. The first-order chi connectivity index (χ1) is 12.5. The highest BCUT2D eigenvalue weighted by atomic mass is 16.5. The third kappa shape index (κ3) is 5.36. The van der Waals surface area contributed by atoms with E-state index in [9.17, 15) is 0 Å². The van der Waals surface area contributed by atoms with E-state index in [2.05, 4.69) is 44.6 Å². The molecule has 5 nitrogen and oxygen atoms in total. The molecule has 0 aliphatic carbocycles. The van der Waals surface area contributed by atoms with Crippen LogP contribution in [0.25, 0.3) is 5.70 Å². The van der Waals surface area contributed by atoms with Gasteiger partial charge in [-0.25, -0.2) is 0 Å². The zero-order chi connectivity index (χ0) is 19.7. The molecule has 0 aliphatic heterocycles. The Balaban J connectivity index is 0.00000163. The Morgan fingerprint density at radius 2 is 2.04 bits per heavy atom. The van der Waals surface area contributed by atoms with E-state index in [1.54, 1.807) is 7.11 Å². The molecule has 0 radical (unpaired) electrons. The summed E-state index contributed by atoms with van der Waals surface area (Å²) in [5, 5.41) is 4.72. The van der Waals surface area contributed by atoms with Gasteiger partial charge in [0, 0.05) is 31.9 Å². The maximum Gasteiger partial charge on any atom is 0.124 e. The quantitative estimate of drug-likeness (QED) is 0.773. The van der Waals surface area contributed by atoms with E-state index in [4.69, 9.17) is 15.6 Å². The number of methoxy groups -OCH3 is 1. The number of nitrogens with zero attached hydrogens (tertiary/aromatic N) is 3. The molecular weight excluding hydrogens is 324 g/mol. The highest BCUT2D eigenvalue weighted by Gasteiger charge is 2.13. The van der Waals surface area contributed by atoms with Gasteiger partial charge in [-0.3, -0.25) is 4.68 Å². The molecule has 1 aromatic carbocycles. The number of benzene rings is 1. The summed E-state index contributed by atoms with van der Waals surface area (Å²) in [6, 6.07) is 6.07. The van der Waals surface area contributed by atoms with Crippen LogP contribution in [0.4, 0.5) is 0 Å². The Labute approximate surface area is 158 Å². The average molecular weight is 359 g/mol. The normalized spacial score (nSPS) is 10.1. The number of aryl methyl sites for hydroxylation is 1. The lowest BCUT2D eigenvalue weighted by Gasteiger charge is -2.19. The maximum atomic E-state index is 5.70. The number of nitrogens with two attached hydrogens (primary N) is 1. The summed E-state index contributed by atoms with van der Waals surface area (Å²) in [5.41, 5.74) is 10.9. The van der Waals surface area contributed by atoms with Gasteiger partial charge in [0.25, 0.3) is 0 Å². The molecule has 0 spiro atoms. The molecule has 0 amide bonds. The lowest BCUT2D eigenvalue weighted by atomic mass is 10.1. The van der Waals surface area contributed by atoms with Crippen LogP contribution < -0.4 is 10.5 Å². The van der Waals surface area contributed by atoms with Crippen molar-refractivity contribution in [3.8, 4) is 5.75 Å². The van der Waals surface area contributed by atoms with Crippen molar-refractivity contribution < 1.29 is 4.74 Å². The molecule has 0 bridgehead atoms. The van der Waals surface area contributed by atoms with Gasteiger partial charge in [-0.05, 0) is 30.5 Å². The number of ether oxygens (including phenoxy) is 1. The topological polar surface area (TPSA) is 56.3 Å². The molecule has 2 rings (SSSR count). The fraction of sp³-hybridized carbons (Fsp3) is 0.476. The van der Waals surface area contributed by atoms with Gasteiger partial charge in [0.05, 0.1) is 19.4 Å². The minimum absolute atomic E-state index is 0.505. The number of rotatable bonds is 8. The van der Waals surface area contributed by atoms with Crippen molar-refractivity contribution in [1.29, 1.82) is 0 Å². The summed E-state index contributed by atoms with van der Waals surface area (Å²) in [6.45, 7) is 14.5. The first-order valence-corrected chi connectivity index (χ1v) is 9.30. The minimum Gasteiger partial charge on any atom is -0.496 e. The van der Waals surface area contributed by atoms with Gasteiger partial charge in [-0.2, -0.15) is 5.10 Å². The van der Waals surface area contributed by atoms with Gasteiger partial charge in [0.2, 0.25) is 0 Å². The third-order valence-electron chi connectivity index (χ3n) is 4.16. The monoisotopic (exact) mass is 358 g/mol. The second-order valence-electron chi connectivity index (χ2n) is 6.08. The zero-order valence-electron chi connectivity index (χ0n) is 17.2. The van der Waals surface area contributed by atoms with Crippen molar-refractivity contribution in [2.24, 2.45) is 5.73 Å². The molecule has 2 aromatic rings. The molecule has 0 aliphatic rings. The van der Waals surface area contributed by atoms with Crippen LogP contribution in [-0.4, -0.2) is 35.4 Å². The fourth-order valence-corrected chi connectivity index (χ4v) is 2.76. The van der Waals surface area contributed by atoms with Crippen molar-refractivity contribution in [2.75, 3.05) is 20.7 Å². The van der Waals surface area contributed by atoms with E-state index in [0.29, 0.717) is 13.1 Å². The molecular formula is C21H34N4O. The van der Waals surface area contributed by atoms with E-state index < -0.39 is 0 Å². The van der Waals surface area contributed by atoms with E-state index in [1.165, 1.54) is 0 Å². The van der Waals surface area contributed by atoms with Crippen LogP contribution >= 0.6 is 0 Å². The van der Waals surface area contributed by atoms with Crippen LogP contribution in [0.2, 0.25) is 0 Å². The summed E-state index contributed by atoms with van der Waals surface area (Å²) >= 11 is 0. The van der Waals surface area contributed by atoms with E-state index >= 15 is 0 Å². The van der Waals surface area contributed by atoms with Crippen molar-refractivity contribution in [3.63, 3.8) is 0 Å². The van der Waals surface area contributed by atoms with Crippen LogP contribution in [0, 0.1) is 6.92 Å². The van der Waals surface area contributed by atoms with Gasteiger partial charge >= 0.3 is 0 Å². The van der Waals surface area contributed by atoms with Gasteiger partial charge < -0.3 is 15.4 Å². The highest BCUT2D eigenvalue weighted by Crippen LogP contribution is 2.23. The molecule has 0 fully saturated rings. The van der Waals surface area contributed by atoms with E-state index in [1.807, 2.05) is 30.7 Å². The van der Waals surface area contributed by atoms with E-state index in [-0.39, 0.29) is 0 Å². The molecule has 1 aromatic heterocycles. The number of aromatic nitrogens is 2. The summed E-state index contributed by atoms with van der Waals surface area (Å²) in [6.07, 6.45) is 3.14. The Bertz CT molecular complexity index is 706. The van der Waals surface area contributed by atoms with Crippen LogP contribution in [0.15, 0.2) is 31.0 Å². The fourth-order valence-electron chi connectivity index (χ4n) is 2.76. The maximum absolute atomic E-state index is 5.70. The Kier molecular flexibility index (Phi) is 8.93. The summed E-state index contributed by atoms with van der Waals surface area (Å²) in [7, 11) is 3.74. The van der Waals surface area contributed by atoms with Crippen molar-refractivity contribution in [2.45, 2.75) is 47.2 Å². The standard InChI is InChI=1S/C19H28N4O.C2H6/c1-6-9-22(4)15(3)19-14(2)12-23(21-19)13-17-8-7-16(11-20)10-18(17)24-5;1-2/h7-8,10,12H,3,6,9,11,13,20H2,1-2,4-5H3;1-2H3. The highest BCUT2D eigenvalue weighted by molar-refractivity contribution is 5.60. The summed E-state index contributed by atoms with van der Waals surface area (Å²) in [5.74, 6) is 0.842. The summed E-state index contributed by atoms with van der Waals surface area (Å²) < 4.78 is 7.43. The van der Waals surface area contributed by atoms with Gasteiger partial charge in [0.1, 0.15) is 11.4 Å². The SMILES string of the molecule is C=C(c1nn(Cc2ccc(CN)cc2OC)cc1C)N(C)CCC.CC. The van der Waals surface area contributed by atoms with Crippen LogP contribution in [0.1, 0.15) is 49.6 Å². The van der Waals surface area contributed by atoms with Gasteiger partial charge in [-0.15, -0.1) is 0 Å². The Morgan fingerprint density at radius 1 is 1.35 bits per heavy atom. The molecule has 0 saturated heterocycles. The first-order valence-electron chi connectivity index (χ1n) is 9.30. The molecule has 0 saturated carbocycles. The molecule has 0 atom stereocenters. The molecule has 2 N–H and O–H groups in total. The van der Waals surface area contributed by atoms with Gasteiger partial charge in [-0.1, -0.05) is 39.5 Å². The van der Waals surface area contributed by atoms with Crippen LogP contribution in [0.5, 0.6) is 5.75 Å². The predicted octanol–water partition coefficient (Wildman–Crippen LogP) is 4.05. The predicted molar refractivity (Wildman–Crippen MR) is 110 cm³/mol. The molecule has 5 heteroatoms. The lowest BCUT2D eigenvalue weighted by molar-refractivity contribution is 0.406. The Morgan fingerprint density at radius 3 is 2.62 bits per heavy atom. The summed E-state index contributed by atoms with van der Waals surface area (Å²) in [4.78, 5) is 2.15. The lowest BCUT2D eigenvalue weighted by Crippen LogP contribution is -2.17. The van der Waals surface area contributed by atoms with Crippen molar-refractivity contribution in [3.05, 3.63) is 53.4 Å². The van der Waals surface area contributed by atoms with Crippen LogP contribution in [-0.2, 0) is 13.1 Å². The third-order valence-corrected chi connectivity index (χ3v) is 4.16. The zero-order valence-corrected chi connectivity index (χ0v) is 17.2. The number of hydrogen-bond acceptors (Lipinski definition) is 4. The number of hydrogen-bond donors (Lipinski definition) is 1. The first kappa shape index (κ1) is 21.8. The minimum atomic E-state index is 0.505. The Hall–Kier alpha value is -2.27. The molecule has 144 valence electrons. The van der Waals surface area contributed by atoms with Crippen molar-refractivity contribution >= 4 is 5.70 Å². The van der Waals surface area contributed by atoms with E-state index in [0.717, 1.165) is 46.8 Å². The van der Waals surface area contributed by atoms with Crippen molar-refractivity contribution in [1.82, 2.24) is 14.7 Å².